The summed E-state index contributed by atoms with van der Waals surface area (Å²) < 4.78 is 2.58. The predicted molar refractivity (Wildman–Crippen MR) is 286 cm³/mol. The lowest BCUT2D eigenvalue weighted by atomic mass is 9.83. The number of rotatable bonds is 6. The second-order valence-corrected chi connectivity index (χ2v) is 17.9. The van der Waals surface area contributed by atoms with E-state index in [9.17, 15) is 0 Å². The molecule has 0 aliphatic carbocycles. The summed E-state index contributed by atoms with van der Waals surface area (Å²) in [7, 11) is 0. The van der Waals surface area contributed by atoms with Gasteiger partial charge < -0.3 is 4.40 Å². The highest BCUT2D eigenvalue weighted by molar-refractivity contribution is 6.32. The van der Waals surface area contributed by atoms with Gasteiger partial charge in [0.15, 0.2) is 0 Å². The van der Waals surface area contributed by atoms with Crippen molar-refractivity contribution >= 4 is 70.4 Å². The molecule has 14 aromatic rings. The Bertz CT molecular complexity index is 4110. The Morgan fingerprint density at radius 3 is 1.16 bits per heavy atom. The van der Waals surface area contributed by atoms with Gasteiger partial charge in [-0.1, -0.05) is 224 Å². The highest BCUT2D eigenvalue weighted by atomic mass is 14.9. The van der Waals surface area contributed by atoms with Crippen LogP contribution in [0.2, 0.25) is 0 Å². The number of benzene rings is 12. The van der Waals surface area contributed by atoms with Crippen molar-refractivity contribution in [1.29, 1.82) is 0 Å². The highest BCUT2D eigenvalue weighted by Gasteiger charge is 2.27. The first-order valence-electron chi connectivity index (χ1n) is 23.3. The van der Waals surface area contributed by atoms with Crippen LogP contribution in [0, 0.1) is 0 Å². The van der Waals surface area contributed by atoms with E-state index in [0.717, 1.165) is 0 Å². The first kappa shape index (κ1) is 37.6. The zero-order chi connectivity index (χ0) is 44.0. The fourth-order valence-electron chi connectivity index (χ4n) is 11.5. The lowest BCUT2D eigenvalue weighted by Crippen LogP contribution is -1.94. The van der Waals surface area contributed by atoms with Crippen molar-refractivity contribution in [3.05, 3.63) is 249 Å². The third kappa shape index (κ3) is 5.68. The number of nitrogens with zero attached hydrogens (tertiary/aromatic N) is 1. The van der Waals surface area contributed by atoms with E-state index in [0.29, 0.717) is 0 Å². The van der Waals surface area contributed by atoms with Crippen molar-refractivity contribution < 1.29 is 0 Å². The third-order valence-electron chi connectivity index (χ3n) is 14.3. The highest BCUT2D eigenvalue weighted by Crippen LogP contribution is 2.52. The van der Waals surface area contributed by atoms with Gasteiger partial charge in [-0.25, -0.2) is 0 Å². The molecule has 0 unspecified atom stereocenters. The monoisotopic (exact) mass is 847 g/mol. The Morgan fingerprint density at radius 1 is 0.224 bits per heavy atom. The van der Waals surface area contributed by atoms with E-state index in [1.165, 1.54) is 137 Å². The van der Waals surface area contributed by atoms with E-state index in [2.05, 4.69) is 253 Å². The Hall–Kier alpha value is -8.78. The summed E-state index contributed by atoms with van der Waals surface area (Å²) in [5.74, 6) is 0. The SMILES string of the molecule is c1ccc(-c2cccc(-c3ccccc3)c2-c2c3ccccc3cc3cc4c(cc23)c2cccc3c5c(-c6c(-c7ccccc7)cccc6-c6ccccc6)c6ccccc6cc5n4c23)cc1. The molecule has 0 atom stereocenters. The van der Waals surface area contributed by atoms with Gasteiger partial charge in [-0.05, 0) is 118 Å². The molecule has 2 aromatic heterocycles. The fourth-order valence-corrected chi connectivity index (χ4v) is 11.5. The van der Waals surface area contributed by atoms with E-state index in [1.54, 1.807) is 0 Å². The van der Waals surface area contributed by atoms with Gasteiger partial charge in [-0.2, -0.15) is 0 Å². The molecular formula is C66H41N. The minimum absolute atomic E-state index is 1.21. The summed E-state index contributed by atoms with van der Waals surface area (Å²) in [6, 6.07) is 92.1. The van der Waals surface area contributed by atoms with Crippen LogP contribution >= 0.6 is 0 Å². The minimum atomic E-state index is 1.21. The van der Waals surface area contributed by atoms with Crippen LogP contribution in [0.25, 0.3) is 137 Å². The molecule has 2 heterocycles. The van der Waals surface area contributed by atoms with Gasteiger partial charge in [0.25, 0.3) is 0 Å². The molecule has 0 saturated heterocycles. The van der Waals surface area contributed by atoms with Crippen LogP contribution in [0.1, 0.15) is 0 Å². The summed E-state index contributed by atoms with van der Waals surface area (Å²) in [5.41, 5.74) is 18.5. The molecule has 0 aliphatic heterocycles. The average Bonchev–Trinajstić information content (AvgIpc) is 3.91. The normalized spacial score (nSPS) is 11.9. The number of para-hydroxylation sites is 1. The van der Waals surface area contributed by atoms with Gasteiger partial charge in [0.1, 0.15) is 0 Å². The molecule has 14 rings (SSSR count). The molecule has 0 amide bonds. The molecule has 67 heavy (non-hydrogen) atoms. The molecule has 0 spiro atoms. The first-order valence-corrected chi connectivity index (χ1v) is 23.3. The maximum absolute atomic E-state index is 2.58. The van der Waals surface area contributed by atoms with Crippen LogP contribution in [-0.2, 0) is 0 Å². The van der Waals surface area contributed by atoms with Crippen molar-refractivity contribution in [2.75, 3.05) is 0 Å². The van der Waals surface area contributed by atoms with Crippen LogP contribution in [-0.4, -0.2) is 4.40 Å². The Kier molecular flexibility index (Phi) is 8.35. The van der Waals surface area contributed by atoms with Crippen molar-refractivity contribution in [2.45, 2.75) is 0 Å². The first-order chi connectivity index (χ1) is 33.3. The topological polar surface area (TPSA) is 4.41 Å². The number of hydrogen-bond donors (Lipinski definition) is 0. The van der Waals surface area contributed by atoms with E-state index in [-0.39, 0.29) is 0 Å². The summed E-state index contributed by atoms with van der Waals surface area (Å²) in [6.45, 7) is 0. The molecular weight excluding hydrogens is 807 g/mol. The van der Waals surface area contributed by atoms with Crippen LogP contribution in [0.15, 0.2) is 249 Å². The van der Waals surface area contributed by atoms with E-state index >= 15 is 0 Å². The summed E-state index contributed by atoms with van der Waals surface area (Å²) in [5, 5.41) is 12.5. The zero-order valence-electron chi connectivity index (χ0n) is 36.6. The maximum atomic E-state index is 2.58. The summed E-state index contributed by atoms with van der Waals surface area (Å²) in [4.78, 5) is 0. The minimum Gasteiger partial charge on any atom is -0.308 e. The van der Waals surface area contributed by atoms with E-state index in [4.69, 9.17) is 0 Å². The quantitative estimate of drug-likeness (QED) is 0.147. The maximum Gasteiger partial charge on any atom is 0.0620 e. The Morgan fingerprint density at radius 2 is 0.627 bits per heavy atom. The summed E-state index contributed by atoms with van der Waals surface area (Å²) >= 11 is 0. The average molecular weight is 848 g/mol. The number of fused-ring (bicyclic) bond motifs is 9. The number of hydrogen-bond acceptors (Lipinski definition) is 0. The van der Waals surface area contributed by atoms with Gasteiger partial charge >= 0.3 is 0 Å². The molecule has 12 aromatic carbocycles. The van der Waals surface area contributed by atoms with Gasteiger partial charge in [-0.3, -0.25) is 0 Å². The van der Waals surface area contributed by atoms with Gasteiger partial charge in [0.05, 0.1) is 16.6 Å². The molecule has 0 fully saturated rings. The van der Waals surface area contributed by atoms with Gasteiger partial charge in [-0.15, -0.1) is 0 Å². The van der Waals surface area contributed by atoms with Gasteiger partial charge in [0, 0.05) is 27.1 Å². The molecule has 0 aliphatic rings. The van der Waals surface area contributed by atoms with Crippen molar-refractivity contribution in [1.82, 2.24) is 4.40 Å². The smallest absolute Gasteiger partial charge is 0.0620 e. The molecule has 1 heteroatoms. The molecule has 0 bridgehead atoms. The standard InChI is InChI=1S/C66H41N/c1-5-20-42(21-6-1)49-32-17-33-50(43-22-7-2-8-23-43)61(49)63-53-30-15-13-28-46(53)38-48-40-59-58(41-57(48)63)55-36-19-37-56-64-60(67(59)66(55)56)39-47-29-14-16-31-54(47)65(64)62-51(44-24-9-3-10-25-44)34-18-35-52(62)45-26-11-4-12-27-45/h1-41H. The van der Waals surface area contributed by atoms with Crippen molar-refractivity contribution in [2.24, 2.45) is 0 Å². The Balaban J connectivity index is 1.14. The molecule has 1 nitrogen and oxygen atoms in total. The Labute approximate surface area is 388 Å². The van der Waals surface area contributed by atoms with Crippen LogP contribution in [0.5, 0.6) is 0 Å². The van der Waals surface area contributed by atoms with Crippen molar-refractivity contribution in [3.63, 3.8) is 0 Å². The predicted octanol–water partition coefficient (Wildman–Crippen LogP) is 18.3. The lowest BCUT2D eigenvalue weighted by Gasteiger charge is -2.20. The van der Waals surface area contributed by atoms with Gasteiger partial charge in [0.2, 0.25) is 0 Å². The molecule has 0 radical (unpaired) electrons. The zero-order valence-corrected chi connectivity index (χ0v) is 36.6. The summed E-state index contributed by atoms with van der Waals surface area (Å²) in [6.07, 6.45) is 0. The molecule has 0 saturated carbocycles. The second kappa shape index (κ2) is 14.9. The van der Waals surface area contributed by atoms with E-state index in [1.807, 2.05) is 0 Å². The second-order valence-electron chi connectivity index (χ2n) is 17.9. The fraction of sp³-hybridized carbons (Fsp3) is 0. The van der Waals surface area contributed by atoms with Crippen molar-refractivity contribution in [3.8, 4) is 66.8 Å². The molecule has 310 valence electrons. The third-order valence-corrected chi connectivity index (χ3v) is 14.3. The largest absolute Gasteiger partial charge is 0.308 e. The van der Waals surface area contributed by atoms with Crippen LogP contribution < -0.4 is 0 Å². The lowest BCUT2D eigenvalue weighted by molar-refractivity contribution is 1.38. The molecule has 0 N–H and O–H groups in total. The number of aromatic nitrogens is 1. The van der Waals surface area contributed by atoms with E-state index < -0.39 is 0 Å². The van der Waals surface area contributed by atoms with Crippen LogP contribution in [0.4, 0.5) is 0 Å². The van der Waals surface area contributed by atoms with Crippen LogP contribution in [0.3, 0.4) is 0 Å².